The van der Waals surface area contributed by atoms with E-state index in [1.54, 1.807) is 61.5 Å². The monoisotopic (exact) mass is 446 g/mol. The number of nitrogens with zero attached hydrogens (tertiary/aromatic N) is 3. The van der Waals surface area contributed by atoms with Crippen molar-refractivity contribution >= 4 is 23.4 Å². The Morgan fingerprint density at radius 3 is 2.75 bits per heavy atom. The van der Waals surface area contributed by atoms with Crippen molar-refractivity contribution in [3.63, 3.8) is 0 Å². The lowest BCUT2D eigenvalue weighted by molar-refractivity contribution is 0.102. The van der Waals surface area contributed by atoms with E-state index in [1.807, 2.05) is 34.9 Å². The number of hydrogen-bond acceptors (Lipinski definition) is 6. The van der Waals surface area contributed by atoms with Crippen LogP contribution in [-0.4, -0.2) is 27.8 Å². The molecule has 0 saturated heterocycles. The highest BCUT2D eigenvalue weighted by Crippen LogP contribution is 2.27. The first-order valence-electron chi connectivity index (χ1n) is 9.93. The fourth-order valence-corrected chi connectivity index (χ4v) is 4.00. The maximum Gasteiger partial charge on any atom is 0.255 e. The van der Waals surface area contributed by atoms with Gasteiger partial charge >= 0.3 is 0 Å². The van der Waals surface area contributed by atoms with Gasteiger partial charge in [-0.3, -0.25) is 9.36 Å². The van der Waals surface area contributed by atoms with Crippen LogP contribution in [0.4, 0.5) is 5.69 Å². The first-order chi connectivity index (χ1) is 15.7. The van der Waals surface area contributed by atoms with Gasteiger partial charge in [-0.2, -0.15) is 0 Å². The van der Waals surface area contributed by atoms with Crippen molar-refractivity contribution in [2.45, 2.75) is 17.5 Å². The van der Waals surface area contributed by atoms with Crippen LogP contribution in [0.2, 0.25) is 0 Å². The smallest absolute Gasteiger partial charge is 0.255 e. The number of rotatable bonds is 9. The van der Waals surface area contributed by atoms with Crippen LogP contribution in [0.15, 0.2) is 89.2 Å². The van der Waals surface area contributed by atoms with Crippen LogP contribution in [0, 0.1) is 0 Å². The van der Waals surface area contributed by atoms with Crippen molar-refractivity contribution in [1.29, 1.82) is 0 Å². The van der Waals surface area contributed by atoms with Gasteiger partial charge in [0.2, 0.25) is 5.82 Å². The number of anilines is 1. The number of carbonyl (C=O) groups excluding carboxylic acids is 1. The standard InChI is InChI=1S/C24H22N4O3S/c1-3-13-28-22(21-8-5-14-31-21)26-27-24(28)32-16-17-6-4-7-18(15-17)23(29)25-19-9-11-20(30-2)12-10-19/h3-12,14-15H,1,13,16H2,2H3,(H,25,29). The molecule has 0 saturated carbocycles. The lowest BCUT2D eigenvalue weighted by Crippen LogP contribution is -2.12. The third-order valence-corrected chi connectivity index (χ3v) is 5.71. The van der Waals surface area contributed by atoms with Crippen LogP contribution in [0.5, 0.6) is 5.75 Å². The van der Waals surface area contributed by atoms with E-state index < -0.39 is 0 Å². The van der Waals surface area contributed by atoms with E-state index in [2.05, 4.69) is 22.1 Å². The van der Waals surface area contributed by atoms with E-state index in [4.69, 9.17) is 9.15 Å². The van der Waals surface area contributed by atoms with E-state index >= 15 is 0 Å². The van der Waals surface area contributed by atoms with Crippen LogP contribution >= 0.6 is 11.8 Å². The Morgan fingerprint density at radius 1 is 1.19 bits per heavy atom. The average molecular weight is 447 g/mol. The molecule has 0 aliphatic carbocycles. The lowest BCUT2D eigenvalue weighted by atomic mass is 10.1. The third kappa shape index (κ3) is 4.92. The normalized spacial score (nSPS) is 10.7. The quantitative estimate of drug-likeness (QED) is 0.278. The van der Waals surface area contributed by atoms with Crippen molar-refractivity contribution in [1.82, 2.24) is 14.8 Å². The lowest BCUT2D eigenvalue weighted by Gasteiger charge is -2.09. The minimum absolute atomic E-state index is 0.169. The number of methoxy groups -OCH3 is 1. The number of benzene rings is 2. The Bertz CT molecular complexity index is 1200. The first kappa shape index (κ1) is 21.5. The average Bonchev–Trinajstić information content (AvgIpc) is 3.49. The molecular formula is C24H22N4O3S. The molecule has 1 amide bonds. The maximum absolute atomic E-state index is 12.7. The number of carbonyl (C=O) groups is 1. The number of allylic oxidation sites excluding steroid dienone is 1. The Labute approximate surface area is 190 Å². The van der Waals surface area contributed by atoms with Crippen molar-refractivity contribution in [2.24, 2.45) is 0 Å². The molecule has 8 heteroatoms. The molecule has 2 heterocycles. The molecule has 2 aromatic carbocycles. The summed E-state index contributed by atoms with van der Waals surface area (Å²) in [7, 11) is 1.61. The van der Waals surface area contributed by atoms with Gasteiger partial charge in [-0.05, 0) is 54.1 Å². The summed E-state index contributed by atoms with van der Waals surface area (Å²) in [5, 5.41) is 12.2. The van der Waals surface area contributed by atoms with Crippen molar-refractivity contribution in [3.05, 3.63) is 90.7 Å². The van der Waals surface area contributed by atoms with Crippen LogP contribution in [-0.2, 0) is 12.3 Å². The Morgan fingerprint density at radius 2 is 2.03 bits per heavy atom. The van der Waals surface area contributed by atoms with Gasteiger partial charge in [-0.25, -0.2) is 0 Å². The molecule has 162 valence electrons. The van der Waals surface area contributed by atoms with E-state index in [-0.39, 0.29) is 5.91 Å². The molecule has 0 aliphatic heterocycles. The molecule has 0 atom stereocenters. The van der Waals surface area contributed by atoms with Gasteiger partial charge in [0, 0.05) is 23.5 Å². The van der Waals surface area contributed by atoms with E-state index in [9.17, 15) is 4.79 Å². The second kappa shape index (κ2) is 10.0. The van der Waals surface area contributed by atoms with Crippen molar-refractivity contribution in [2.75, 3.05) is 12.4 Å². The second-order valence-electron chi connectivity index (χ2n) is 6.85. The largest absolute Gasteiger partial charge is 0.497 e. The first-order valence-corrected chi connectivity index (χ1v) is 10.9. The zero-order chi connectivity index (χ0) is 22.3. The van der Waals surface area contributed by atoms with E-state index in [0.717, 1.165) is 16.5 Å². The number of ether oxygens (including phenoxy) is 1. The summed E-state index contributed by atoms with van der Waals surface area (Å²) < 4.78 is 12.6. The number of furan rings is 1. The molecule has 0 fully saturated rings. The van der Waals surface area contributed by atoms with Crippen LogP contribution in [0.25, 0.3) is 11.6 Å². The molecule has 32 heavy (non-hydrogen) atoms. The summed E-state index contributed by atoms with van der Waals surface area (Å²) in [5.74, 6) is 2.52. The number of nitrogens with one attached hydrogen (secondary N) is 1. The third-order valence-electron chi connectivity index (χ3n) is 4.68. The van der Waals surface area contributed by atoms with Crippen molar-refractivity contribution in [3.8, 4) is 17.3 Å². The predicted octanol–water partition coefficient (Wildman–Crippen LogP) is 5.28. The molecule has 0 radical (unpaired) electrons. The highest BCUT2D eigenvalue weighted by molar-refractivity contribution is 7.98. The van der Waals surface area contributed by atoms with Crippen LogP contribution in [0.1, 0.15) is 15.9 Å². The van der Waals surface area contributed by atoms with E-state index in [0.29, 0.717) is 35.1 Å². The summed E-state index contributed by atoms with van der Waals surface area (Å²) in [6.45, 7) is 4.39. The summed E-state index contributed by atoms with van der Waals surface area (Å²) in [5.41, 5.74) is 2.30. The van der Waals surface area contributed by atoms with Gasteiger partial charge in [0.25, 0.3) is 5.91 Å². The molecule has 4 rings (SSSR count). The van der Waals surface area contributed by atoms with E-state index in [1.165, 1.54) is 0 Å². The number of aromatic nitrogens is 3. The van der Waals surface area contributed by atoms with Gasteiger partial charge in [0.1, 0.15) is 5.75 Å². The van der Waals surface area contributed by atoms with Gasteiger partial charge in [0.05, 0.1) is 13.4 Å². The summed E-state index contributed by atoms with van der Waals surface area (Å²) >= 11 is 1.54. The van der Waals surface area contributed by atoms with Gasteiger partial charge in [-0.1, -0.05) is 30.0 Å². The predicted molar refractivity (Wildman–Crippen MR) is 125 cm³/mol. The fourth-order valence-electron chi connectivity index (χ4n) is 3.11. The maximum atomic E-state index is 12.7. The summed E-state index contributed by atoms with van der Waals surface area (Å²) in [6, 6.07) is 18.4. The SMILES string of the molecule is C=CCn1c(SCc2cccc(C(=O)Nc3ccc(OC)cc3)c2)nnc1-c1ccco1. The molecule has 0 aliphatic rings. The highest BCUT2D eigenvalue weighted by Gasteiger charge is 2.16. The molecule has 7 nitrogen and oxygen atoms in total. The minimum atomic E-state index is -0.169. The highest BCUT2D eigenvalue weighted by atomic mass is 32.2. The minimum Gasteiger partial charge on any atom is -0.497 e. The van der Waals surface area contributed by atoms with Crippen molar-refractivity contribution < 1.29 is 13.9 Å². The topological polar surface area (TPSA) is 82.2 Å². The van der Waals surface area contributed by atoms with Gasteiger partial charge in [0.15, 0.2) is 10.9 Å². The zero-order valence-electron chi connectivity index (χ0n) is 17.5. The number of amides is 1. The molecule has 2 aromatic heterocycles. The fraction of sp³-hybridized carbons (Fsp3) is 0.125. The van der Waals surface area contributed by atoms with Crippen LogP contribution in [0.3, 0.4) is 0 Å². The zero-order valence-corrected chi connectivity index (χ0v) is 18.3. The summed E-state index contributed by atoms with van der Waals surface area (Å²) in [6.07, 6.45) is 3.40. The molecule has 0 unspecified atom stereocenters. The second-order valence-corrected chi connectivity index (χ2v) is 7.80. The molecule has 0 spiro atoms. The molecule has 4 aromatic rings. The molecule has 1 N–H and O–H groups in total. The Hall–Kier alpha value is -3.78. The van der Waals surface area contributed by atoms with Crippen LogP contribution < -0.4 is 10.1 Å². The Kier molecular flexibility index (Phi) is 6.72. The van der Waals surface area contributed by atoms with Gasteiger partial charge < -0.3 is 14.5 Å². The molecule has 0 bridgehead atoms. The number of thioether (sulfide) groups is 1. The Balaban J connectivity index is 1.45. The van der Waals surface area contributed by atoms with Gasteiger partial charge in [-0.15, -0.1) is 16.8 Å². The number of hydrogen-bond donors (Lipinski definition) is 1. The summed E-state index contributed by atoms with van der Waals surface area (Å²) in [4.78, 5) is 12.7. The molecular weight excluding hydrogens is 424 g/mol.